The second-order valence-electron chi connectivity index (χ2n) is 2.85. The highest BCUT2D eigenvalue weighted by atomic mass is 19.3. The lowest BCUT2D eigenvalue weighted by atomic mass is 10.2. The van der Waals surface area contributed by atoms with Crippen molar-refractivity contribution in [2.45, 2.75) is 25.0 Å². The van der Waals surface area contributed by atoms with Crippen molar-refractivity contribution in [1.82, 2.24) is 0 Å². The number of hydrogen-bond donors (Lipinski definition) is 1. The van der Waals surface area contributed by atoms with Gasteiger partial charge in [-0.2, -0.15) is 0 Å². The van der Waals surface area contributed by atoms with Crippen molar-refractivity contribution in [2.75, 3.05) is 0 Å². The van der Waals surface area contributed by atoms with Crippen LogP contribution in [0.5, 0.6) is 0 Å². The van der Waals surface area contributed by atoms with Gasteiger partial charge in [0.05, 0.1) is 0 Å². The molecule has 0 aromatic carbocycles. The minimum Gasteiger partial charge on any atom is -0.462 e. The van der Waals surface area contributed by atoms with Gasteiger partial charge in [-0.3, -0.25) is 0 Å². The summed E-state index contributed by atoms with van der Waals surface area (Å²) < 4.78 is 29.2. The molecule has 0 aromatic rings. The molecule has 2 N–H and O–H groups in total. The van der Waals surface area contributed by atoms with Gasteiger partial charge < -0.3 is 10.5 Å². The predicted octanol–water partition coefficient (Wildman–Crippen LogP) is 0.353. The second kappa shape index (κ2) is 2.06. The molecule has 5 heteroatoms. The van der Waals surface area contributed by atoms with Gasteiger partial charge in [0.2, 0.25) is 0 Å². The van der Waals surface area contributed by atoms with E-state index >= 15 is 0 Å². The quantitative estimate of drug-likeness (QED) is 0.604. The Morgan fingerprint density at radius 1 is 1.64 bits per heavy atom. The Morgan fingerprint density at radius 3 is 3.00 bits per heavy atom. The number of rotatable bonds is 1. The number of hydrogen-bond acceptors (Lipinski definition) is 3. The van der Waals surface area contributed by atoms with Crippen LogP contribution in [0.4, 0.5) is 8.78 Å². The molecule has 0 radical (unpaired) electrons. The maximum atomic E-state index is 12.2. The van der Waals surface area contributed by atoms with Crippen molar-refractivity contribution in [1.29, 1.82) is 0 Å². The van der Waals surface area contributed by atoms with Gasteiger partial charge in [0, 0.05) is 5.92 Å². The highest BCUT2D eigenvalue weighted by Gasteiger charge is 2.51. The fourth-order valence-electron chi connectivity index (χ4n) is 1.36. The van der Waals surface area contributed by atoms with E-state index in [2.05, 4.69) is 4.99 Å². The zero-order chi connectivity index (χ0) is 8.01. The average molecular weight is 162 g/mol. The van der Waals surface area contributed by atoms with Crippen LogP contribution in [0.1, 0.15) is 6.42 Å². The third kappa shape index (κ3) is 1.04. The maximum Gasteiger partial charge on any atom is 0.282 e. The molecule has 0 amide bonds. The largest absolute Gasteiger partial charge is 0.462 e. The molecule has 1 aliphatic heterocycles. The Bertz CT molecular complexity index is 207. The number of nitrogens with zero attached hydrogens (tertiary/aromatic N) is 1. The number of amidine groups is 1. The molecule has 1 fully saturated rings. The molecule has 1 saturated carbocycles. The zero-order valence-corrected chi connectivity index (χ0v) is 5.71. The van der Waals surface area contributed by atoms with Crippen molar-refractivity contribution in [3.05, 3.63) is 0 Å². The second-order valence-corrected chi connectivity index (χ2v) is 2.85. The molecule has 3 nitrogen and oxygen atoms in total. The summed E-state index contributed by atoms with van der Waals surface area (Å²) in [5, 5.41) is 0. The van der Waals surface area contributed by atoms with Crippen LogP contribution in [0.25, 0.3) is 0 Å². The molecular weight excluding hydrogens is 154 g/mol. The van der Waals surface area contributed by atoms with Crippen LogP contribution < -0.4 is 5.73 Å². The van der Waals surface area contributed by atoms with Gasteiger partial charge in [-0.25, -0.2) is 13.8 Å². The molecule has 1 aliphatic carbocycles. The van der Waals surface area contributed by atoms with E-state index in [4.69, 9.17) is 10.5 Å². The Hall–Kier alpha value is -0.870. The summed E-state index contributed by atoms with van der Waals surface area (Å²) in [6.45, 7) is 0. The summed E-state index contributed by atoms with van der Waals surface area (Å²) in [6.07, 6.45) is -1.84. The van der Waals surface area contributed by atoms with Gasteiger partial charge in [0.15, 0.2) is 0 Å². The number of ether oxygens (including phenoxy) is 1. The Morgan fingerprint density at radius 2 is 2.36 bits per heavy atom. The molecule has 0 aromatic heterocycles. The van der Waals surface area contributed by atoms with E-state index in [0.717, 1.165) is 0 Å². The topological polar surface area (TPSA) is 47.6 Å². The third-order valence-corrected chi connectivity index (χ3v) is 2.02. The first kappa shape index (κ1) is 6.82. The van der Waals surface area contributed by atoms with Gasteiger partial charge >= 0.3 is 0 Å². The minimum atomic E-state index is -2.41. The smallest absolute Gasteiger partial charge is 0.282 e. The monoisotopic (exact) mass is 162 g/mol. The summed E-state index contributed by atoms with van der Waals surface area (Å²) in [7, 11) is 0. The summed E-state index contributed by atoms with van der Waals surface area (Å²) >= 11 is 0. The lowest BCUT2D eigenvalue weighted by Gasteiger charge is -2.17. The first-order chi connectivity index (χ1) is 5.18. The van der Waals surface area contributed by atoms with E-state index in [-0.39, 0.29) is 18.0 Å². The van der Waals surface area contributed by atoms with Crippen molar-refractivity contribution < 1.29 is 13.5 Å². The van der Waals surface area contributed by atoms with Crippen molar-refractivity contribution >= 4 is 6.02 Å². The van der Waals surface area contributed by atoms with E-state index in [1.165, 1.54) is 0 Å². The van der Waals surface area contributed by atoms with Crippen LogP contribution in [0.2, 0.25) is 0 Å². The van der Waals surface area contributed by atoms with Crippen LogP contribution in [-0.4, -0.2) is 24.6 Å². The molecule has 3 atom stereocenters. The van der Waals surface area contributed by atoms with E-state index in [1.54, 1.807) is 0 Å². The van der Waals surface area contributed by atoms with Crippen LogP contribution in [0.3, 0.4) is 0 Å². The lowest BCUT2D eigenvalue weighted by Crippen LogP contribution is -2.32. The Kier molecular flexibility index (Phi) is 1.27. The molecule has 62 valence electrons. The average Bonchev–Trinajstić information content (AvgIpc) is 2.63. The number of fused-ring (bicyclic) bond motifs is 1. The van der Waals surface area contributed by atoms with Gasteiger partial charge in [-0.1, -0.05) is 0 Å². The van der Waals surface area contributed by atoms with Gasteiger partial charge in [-0.05, 0) is 6.42 Å². The third-order valence-electron chi connectivity index (χ3n) is 2.02. The number of nitrogens with two attached hydrogens (primary N) is 1. The standard InChI is InChI=1S/C6H8F2N2O/c7-5(8)4-2-1-3(2)11-6(9)10-4/h2-5H,1H2,(H2,9,10)/t2-,3+,4-/m1/s1. The van der Waals surface area contributed by atoms with E-state index in [9.17, 15) is 8.78 Å². The first-order valence-electron chi connectivity index (χ1n) is 3.46. The highest BCUT2D eigenvalue weighted by Crippen LogP contribution is 2.42. The molecule has 2 rings (SSSR count). The summed E-state index contributed by atoms with van der Waals surface area (Å²) in [6, 6.07) is -1.01. The van der Waals surface area contributed by atoms with Gasteiger partial charge in [0.25, 0.3) is 12.4 Å². The predicted molar refractivity (Wildman–Crippen MR) is 34.4 cm³/mol. The lowest BCUT2D eigenvalue weighted by molar-refractivity contribution is 0.0878. The molecule has 0 saturated heterocycles. The first-order valence-corrected chi connectivity index (χ1v) is 3.46. The molecule has 0 spiro atoms. The fourth-order valence-corrected chi connectivity index (χ4v) is 1.36. The number of aliphatic imine (C=N–C) groups is 1. The Labute approximate surface area is 62.2 Å². The summed E-state index contributed by atoms with van der Waals surface area (Å²) in [5.41, 5.74) is 5.17. The molecule has 1 heterocycles. The van der Waals surface area contributed by atoms with E-state index < -0.39 is 12.5 Å². The van der Waals surface area contributed by atoms with Crippen molar-refractivity contribution in [2.24, 2.45) is 16.6 Å². The van der Waals surface area contributed by atoms with Crippen LogP contribution in [0.15, 0.2) is 4.99 Å². The summed E-state index contributed by atoms with van der Waals surface area (Å²) in [4.78, 5) is 3.53. The molecule has 11 heavy (non-hydrogen) atoms. The molecule has 2 aliphatic rings. The fraction of sp³-hybridized carbons (Fsp3) is 0.833. The summed E-state index contributed by atoms with van der Waals surface area (Å²) in [5.74, 6) is -0.0951. The van der Waals surface area contributed by atoms with Crippen LogP contribution >= 0.6 is 0 Å². The molecule has 0 bridgehead atoms. The SMILES string of the molecule is NC1=N[C@@H](C(F)F)[C@@H]2C[C@@H]2O1. The maximum absolute atomic E-state index is 12.2. The number of alkyl halides is 2. The highest BCUT2D eigenvalue weighted by molar-refractivity contribution is 5.73. The van der Waals surface area contributed by atoms with Crippen molar-refractivity contribution in [3.63, 3.8) is 0 Å². The normalized spacial score (nSPS) is 41.0. The molecule has 0 unspecified atom stereocenters. The Balaban J connectivity index is 2.13. The van der Waals surface area contributed by atoms with Gasteiger partial charge in [-0.15, -0.1) is 0 Å². The van der Waals surface area contributed by atoms with E-state index in [0.29, 0.717) is 6.42 Å². The van der Waals surface area contributed by atoms with Crippen molar-refractivity contribution in [3.8, 4) is 0 Å². The number of halogens is 2. The van der Waals surface area contributed by atoms with Crippen LogP contribution in [-0.2, 0) is 4.74 Å². The minimum absolute atomic E-state index is 0.0888. The van der Waals surface area contributed by atoms with Crippen LogP contribution in [0, 0.1) is 5.92 Å². The zero-order valence-electron chi connectivity index (χ0n) is 5.71. The van der Waals surface area contributed by atoms with E-state index in [1.807, 2.05) is 0 Å². The molecular formula is C6H8F2N2O. The van der Waals surface area contributed by atoms with Gasteiger partial charge in [0.1, 0.15) is 12.1 Å².